The summed E-state index contributed by atoms with van der Waals surface area (Å²) >= 11 is 0. The maximum absolute atomic E-state index is 12.0. The van der Waals surface area contributed by atoms with Crippen LogP contribution in [0.2, 0.25) is 0 Å². The molecule has 0 bridgehead atoms. The van der Waals surface area contributed by atoms with Gasteiger partial charge >= 0.3 is 0 Å². The smallest absolute Gasteiger partial charge is 0.140 e. The average Bonchev–Trinajstić information content (AvgIpc) is 2.29. The molecule has 0 saturated heterocycles. The fourth-order valence-corrected chi connectivity index (χ4v) is 2.18. The number of hydrogen-bond donors (Lipinski definition) is 1. The van der Waals surface area contributed by atoms with Crippen molar-refractivity contribution < 1.29 is 4.79 Å². The summed E-state index contributed by atoms with van der Waals surface area (Å²) in [7, 11) is 11.5. The Kier molecular flexibility index (Phi) is 5.28. The molecule has 4 radical (unpaired) electrons. The van der Waals surface area contributed by atoms with Gasteiger partial charge in [0, 0.05) is 18.0 Å². The number of anilines is 1. The zero-order chi connectivity index (χ0) is 14.6. The summed E-state index contributed by atoms with van der Waals surface area (Å²) in [5.41, 5.74) is 2.94. The van der Waals surface area contributed by atoms with Crippen LogP contribution in [0.5, 0.6) is 0 Å². The number of carbonyl (C=O) groups excluding carboxylic acids is 1. The van der Waals surface area contributed by atoms with E-state index < -0.39 is 5.34 Å². The van der Waals surface area contributed by atoms with Gasteiger partial charge in [-0.3, -0.25) is 4.79 Å². The summed E-state index contributed by atoms with van der Waals surface area (Å²) in [6, 6.07) is 5.84. The Hall–Kier alpha value is -1.18. The second-order valence-corrected chi connectivity index (χ2v) is 5.37. The van der Waals surface area contributed by atoms with Gasteiger partial charge in [-0.05, 0) is 35.9 Å². The quantitative estimate of drug-likeness (QED) is 0.789. The molecule has 0 spiro atoms. The third-order valence-corrected chi connectivity index (χ3v) is 3.23. The molecule has 1 aromatic carbocycles. The number of rotatable bonds is 6. The van der Waals surface area contributed by atoms with Gasteiger partial charge in [0.2, 0.25) is 0 Å². The first-order chi connectivity index (χ1) is 8.76. The van der Waals surface area contributed by atoms with E-state index in [9.17, 15) is 4.79 Å². The zero-order valence-electron chi connectivity index (χ0n) is 12.3. The van der Waals surface area contributed by atoms with E-state index in [4.69, 9.17) is 15.7 Å². The number of benzene rings is 1. The molecule has 0 heterocycles. The molecule has 0 aliphatic carbocycles. The van der Waals surface area contributed by atoms with Gasteiger partial charge in [0.05, 0.1) is 15.7 Å². The van der Waals surface area contributed by atoms with Crippen LogP contribution in [0.4, 0.5) is 5.69 Å². The van der Waals surface area contributed by atoms with Gasteiger partial charge in [0.15, 0.2) is 0 Å². The second kappa shape index (κ2) is 6.31. The van der Waals surface area contributed by atoms with Crippen molar-refractivity contribution in [2.24, 2.45) is 0 Å². The van der Waals surface area contributed by atoms with Crippen LogP contribution in [0.1, 0.15) is 50.7 Å². The van der Waals surface area contributed by atoms with Crippen LogP contribution in [0.15, 0.2) is 18.2 Å². The third-order valence-electron chi connectivity index (χ3n) is 3.23. The molecule has 0 aliphatic rings. The summed E-state index contributed by atoms with van der Waals surface area (Å²) in [4.78, 5) is 12.0. The Morgan fingerprint density at radius 3 is 2.58 bits per heavy atom. The van der Waals surface area contributed by atoms with E-state index in [2.05, 4.69) is 5.32 Å². The van der Waals surface area contributed by atoms with Gasteiger partial charge in [-0.25, -0.2) is 0 Å². The van der Waals surface area contributed by atoms with Crippen molar-refractivity contribution in [2.75, 3.05) is 5.32 Å². The highest BCUT2D eigenvalue weighted by Gasteiger charge is 2.18. The van der Waals surface area contributed by atoms with Crippen molar-refractivity contribution >= 4 is 27.2 Å². The average molecular weight is 253 g/mol. The minimum atomic E-state index is -0.972. The summed E-state index contributed by atoms with van der Waals surface area (Å²) < 4.78 is 0. The van der Waals surface area contributed by atoms with Crippen LogP contribution in [0.3, 0.4) is 0 Å². The molecule has 0 aliphatic heterocycles. The largest absolute Gasteiger partial charge is 0.397 e. The van der Waals surface area contributed by atoms with Crippen LogP contribution < -0.4 is 5.32 Å². The first-order valence-electron chi connectivity index (χ1n) is 6.74. The molecule has 1 aromatic rings. The molecule has 0 amide bonds. The normalized spacial score (nSPS) is 13.1. The lowest BCUT2D eigenvalue weighted by atomic mass is 9.63. The first kappa shape index (κ1) is 15.9. The summed E-state index contributed by atoms with van der Waals surface area (Å²) in [5, 5.41) is 2.09. The predicted octanol–water partition coefficient (Wildman–Crippen LogP) is 2.89. The highest BCUT2D eigenvalue weighted by atomic mass is 16.1. The van der Waals surface area contributed by atoms with Crippen molar-refractivity contribution in [1.82, 2.24) is 0 Å². The number of ketones is 1. The fourth-order valence-electron chi connectivity index (χ4n) is 2.18. The van der Waals surface area contributed by atoms with Crippen molar-refractivity contribution in [3.05, 3.63) is 29.3 Å². The summed E-state index contributed by atoms with van der Waals surface area (Å²) in [5.74, 6) is 0.175. The molecule has 1 N–H and O–H groups in total. The van der Waals surface area contributed by atoms with E-state index in [0.29, 0.717) is 6.42 Å². The SMILES string of the molecule is [B]C([B])(C)Nc1cccc(C(C)C(=O)CCC)c1C. The lowest BCUT2D eigenvalue weighted by Gasteiger charge is -2.26. The van der Waals surface area contributed by atoms with Crippen LogP contribution in [0, 0.1) is 6.92 Å². The number of nitrogens with one attached hydrogen (secondary N) is 1. The third kappa shape index (κ3) is 4.45. The molecule has 0 aromatic heterocycles. The molecule has 1 unspecified atom stereocenters. The standard InChI is InChI=1S/C15H21B2NO/c1-5-7-14(19)11(3)12-8-6-9-13(10(12)2)18-15(4,16)17/h6,8-9,11,18H,5,7H2,1-4H3. The molecule has 4 heteroatoms. The van der Waals surface area contributed by atoms with Crippen molar-refractivity contribution in [1.29, 1.82) is 0 Å². The Morgan fingerprint density at radius 2 is 2.05 bits per heavy atom. The van der Waals surface area contributed by atoms with E-state index in [1.807, 2.05) is 39.0 Å². The molecule has 0 saturated carbocycles. The first-order valence-corrected chi connectivity index (χ1v) is 6.74. The molecule has 0 fully saturated rings. The van der Waals surface area contributed by atoms with Crippen LogP contribution in [-0.4, -0.2) is 26.8 Å². The summed E-state index contributed by atoms with van der Waals surface area (Å²) in [6.45, 7) is 7.65. The topological polar surface area (TPSA) is 29.1 Å². The van der Waals surface area contributed by atoms with Crippen molar-refractivity contribution in [3.8, 4) is 0 Å². The maximum atomic E-state index is 12.0. The maximum Gasteiger partial charge on any atom is 0.140 e. The van der Waals surface area contributed by atoms with Crippen LogP contribution in [0.25, 0.3) is 0 Å². The van der Waals surface area contributed by atoms with Gasteiger partial charge < -0.3 is 5.32 Å². The minimum absolute atomic E-state index is 0.0940. The fraction of sp³-hybridized carbons (Fsp3) is 0.533. The van der Waals surface area contributed by atoms with Crippen molar-refractivity contribution in [3.63, 3.8) is 0 Å². The van der Waals surface area contributed by atoms with E-state index in [-0.39, 0.29) is 11.7 Å². The van der Waals surface area contributed by atoms with E-state index in [1.54, 1.807) is 6.92 Å². The lowest BCUT2D eigenvalue weighted by molar-refractivity contribution is -0.120. The summed E-state index contributed by atoms with van der Waals surface area (Å²) in [6.07, 6.45) is 1.49. The highest BCUT2D eigenvalue weighted by molar-refractivity contribution is 6.41. The lowest BCUT2D eigenvalue weighted by Crippen LogP contribution is -2.35. The van der Waals surface area contributed by atoms with Crippen molar-refractivity contribution in [2.45, 2.75) is 51.8 Å². The van der Waals surface area contributed by atoms with Crippen LogP contribution >= 0.6 is 0 Å². The molecule has 2 nitrogen and oxygen atoms in total. The second-order valence-electron chi connectivity index (χ2n) is 5.37. The predicted molar refractivity (Wildman–Crippen MR) is 83.0 cm³/mol. The van der Waals surface area contributed by atoms with Crippen LogP contribution in [-0.2, 0) is 4.79 Å². The van der Waals surface area contributed by atoms with Gasteiger partial charge in [0.1, 0.15) is 5.78 Å². The Balaban J connectivity index is 3.03. The Labute approximate surface area is 119 Å². The highest BCUT2D eigenvalue weighted by Crippen LogP contribution is 2.28. The molecular formula is C15H21B2NO. The van der Waals surface area contributed by atoms with Gasteiger partial charge in [-0.2, -0.15) is 0 Å². The monoisotopic (exact) mass is 253 g/mol. The molecule has 98 valence electrons. The van der Waals surface area contributed by atoms with Gasteiger partial charge in [-0.15, -0.1) is 0 Å². The molecule has 1 rings (SSSR count). The zero-order valence-corrected chi connectivity index (χ0v) is 12.3. The van der Waals surface area contributed by atoms with E-state index >= 15 is 0 Å². The Bertz CT molecular complexity index is 452. The minimum Gasteiger partial charge on any atom is -0.397 e. The molecule has 1 atom stereocenters. The molecular weight excluding hydrogens is 232 g/mol. The number of hydrogen-bond acceptors (Lipinski definition) is 2. The molecule has 19 heavy (non-hydrogen) atoms. The Morgan fingerprint density at radius 1 is 1.42 bits per heavy atom. The van der Waals surface area contributed by atoms with E-state index in [1.165, 1.54) is 0 Å². The number of Topliss-reactive ketones (excluding diaryl/α,β-unsaturated/α-hetero) is 1. The number of carbonyl (C=O) groups is 1. The van der Waals surface area contributed by atoms with Gasteiger partial charge in [0.25, 0.3) is 0 Å². The van der Waals surface area contributed by atoms with Gasteiger partial charge in [-0.1, -0.05) is 32.9 Å². The van der Waals surface area contributed by atoms with E-state index in [0.717, 1.165) is 23.2 Å².